The van der Waals surface area contributed by atoms with Crippen LogP contribution in [-0.4, -0.2) is 35.8 Å². The van der Waals surface area contributed by atoms with Gasteiger partial charge in [-0.3, -0.25) is 4.90 Å². The lowest BCUT2D eigenvalue weighted by Gasteiger charge is -2.31. The van der Waals surface area contributed by atoms with Crippen molar-refractivity contribution in [1.82, 2.24) is 4.90 Å². The van der Waals surface area contributed by atoms with Crippen molar-refractivity contribution in [3.63, 3.8) is 0 Å². The van der Waals surface area contributed by atoms with E-state index in [4.69, 9.17) is 10.5 Å². The number of hydrogen-bond acceptors (Lipinski definition) is 4. The summed E-state index contributed by atoms with van der Waals surface area (Å²) in [4.78, 5) is 2.34. The van der Waals surface area contributed by atoms with Crippen LogP contribution in [0.1, 0.15) is 25.3 Å². The Morgan fingerprint density at radius 1 is 1.39 bits per heavy atom. The molecule has 0 saturated carbocycles. The number of phenols is 1. The van der Waals surface area contributed by atoms with E-state index in [1.807, 2.05) is 13.0 Å². The predicted molar refractivity (Wildman–Crippen MR) is 72.4 cm³/mol. The Labute approximate surface area is 108 Å². The van der Waals surface area contributed by atoms with Gasteiger partial charge in [0.15, 0.2) is 0 Å². The van der Waals surface area contributed by atoms with Crippen LogP contribution in [0.3, 0.4) is 0 Å². The van der Waals surface area contributed by atoms with Gasteiger partial charge in [0.05, 0.1) is 6.10 Å². The zero-order valence-electron chi connectivity index (χ0n) is 10.9. The van der Waals surface area contributed by atoms with Crippen LogP contribution in [0.2, 0.25) is 0 Å². The summed E-state index contributed by atoms with van der Waals surface area (Å²) in [5.41, 5.74) is 7.35. The number of ether oxygens (including phenoxy) is 1. The Morgan fingerprint density at radius 3 is 2.78 bits per heavy atom. The minimum Gasteiger partial charge on any atom is -0.508 e. The Morgan fingerprint density at radius 2 is 2.11 bits per heavy atom. The van der Waals surface area contributed by atoms with Crippen molar-refractivity contribution < 1.29 is 9.84 Å². The van der Waals surface area contributed by atoms with Crippen molar-refractivity contribution in [3.8, 4) is 5.75 Å². The molecule has 1 aliphatic rings. The molecule has 4 nitrogen and oxygen atoms in total. The molecule has 0 aliphatic carbocycles. The third-order valence-electron chi connectivity index (χ3n) is 3.43. The molecule has 0 spiro atoms. The summed E-state index contributed by atoms with van der Waals surface area (Å²) in [6.45, 7) is 5.62. The molecule has 3 N–H and O–H groups in total. The highest BCUT2D eigenvalue weighted by Gasteiger charge is 2.19. The molecule has 1 heterocycles. The molecule has 0 aromatic heterocycles. The molecule has 0 bridgehead atoms. The fraction of sp³-hybridized carbons (Fsp3) is 0.571. The van der Waals surface area contributed by atoms with E-state index in [1.54, 1.807) is 12.1 Å². The molecule has 1 fully saturated rings. The monoisotopic (exact) mass is 250 g/mol. The summed E-state index contributed by atoms with van der Waals surface area (Å²) in [5.74, 6) is 0.330. The number of likely N-dealkylation sites (tertiary alicyclic amines) is 1. The second-order valence-corrected chi connectivity index (χ2v) is 4.82. The summed E-state index contributed by atoms with van der Waals surface area (Å²) in [7, 11) is 0. The average molecular weight is 250 g/mol. The lowest BCUT2D eigenvalue weighted by molar-refractivity contribution is 0.0124. The highest BCUT2D eigenvalue weighted by Crippen LogP contribution is 2.23. The van der Waals surface area contributed by atoms with E-state index in [0.717, 1.165) is 44.6 Å². The molecule has 0 unspecified atom stereocenters. The third kappa shape index (κ3) is 3.37. The summed E-state index contributed by atoms with van der Waals surface area (Å²) >= 11 is 0. The van der Waals surface area contributed by atoms with E-state index < -0.39 is 0 Å². The standard InChI is InChI=1S/C14H22N2O2/c1-2-18-13-5-7-16(8-6-13)10-11-9-12(15)3-4-14(11)17/h3-4,9,13,17H,2,5-8,10,15H2,1H3. The highest BCUT2D eigenvalue weighted by atomic mass is 16.5. The fourth-order valence-corrected chi connectivity index (χ4v) is 2.44. The second kappa shape index (κ2) is 6.07. The van der Waals surface area contributed by atoms with E-state index in [0.29, 0.717) is 17.5 Å². The van der Waals surface area contributed by atoms with Gasteiger partial charge in [-0.15, -0.1) is 0 Å². The summed E-state index contributed by atoms with van der Waals surface area (Å²) in [6.07, 6.45) is 2.54. The molecule has 4 heteroatoms. The lowest BCUT2D eigenvalue weighted by Crippen LogP contribution is -2.36. The number of anilines is 1. The molecular weight excluding hydrogens is 228 g/mol. The lowest BCUT2D eigenvalue weighted by atomic mass is 10.1. The maximum absolute atomic E-state index is 9.79. The molecule has 2 rings (SSSR count). The first-order valence-electron chi connectivity index (χ1n) is 6.60. The zero-order chi connectivity index (χ0) is 13.0. The number of piperidine rings is 1. The van der Waals surface area contributed by atoms with E-state index in [1.165, 1.54) is 0 Å². The molecule has 18 heavy (non-hydrogen) atoms. The Balaban J connectivity index is 1.89. The topological polar surface area (TPSA) is 58.7 Å². The van der Waals surface area contributed by atoms with Gasteiger partial charge in [0.2, 0.25) is 0 Å². The van der Waals surface area contributed by atoms with Gasteiger partial charge >= 0.3 is 0 Å². The largest absolute Gasteiger partial charge is 0.508 e. The SMILES string of the molecule is CCOC1CCN(Cc2cc(N)ccc2O)CC1. The van der Waals surface area contributed by atoms with Crippen LogP contribution in [0.15, 0.2) is 18.2 Å². The van der Waals surface area contributed by atoms with Gasteiger partial charge in [-0.2, -0.15) is 0 Å². The minimum absolute atomic E-state index is 0.330. The Hall–Kier alpha value is -1.26. The van der Waals surface area contributed by atoms with Gasteiger partial charge in [0.1, 0.15) is 5.75 Å². The normalized spacial score (nSPS) is 18.1. The molecular formula is C14H22N2O2. The van der Waals surface area contributed by atoms with Gasteiger partial charge in [-0.05, 0) is 38.0 Å². The number of rotatable bonds is 4. The summed E-state index contributed by atoms with van der Waals surface area (Å²) in [5, 5.41) is 9.79. The molecule has 100 valence electrons. The van der Waals surface area contributed by atoms with Crippen molar-refractivity contribution >= 4 is 5.69 Å². The van der Waals surface area contributed by atoms with Crippen molar-refractivity contribution in [2.24, 2.45) is 0 Å². The van der Waals surface area contributed by atoms with Gasteiger partial charge in [0.25, 0.3) is 0 Å². The molecule has 0 radical (unpaired) electrons. The second-order valence-electron chi connectivity index (χ2n) is 4.82. The van der Waals surface area contributed by atoms with Crippen LogP contribution in [0.5, 0.6) is 5.75 Å². The van der Waals surface area contributed by atoms with Gasteiger partial charge < -0.3 is 15.6 Å². The maximum atomic E-state index is 9.79. The molecule has 1 aliphatic heterocycles. The first kappa shape index (κ1) is 13.2. The van der Waals surface area contributed by atoms with Crippen molar-refractivity contribution in [2.75, 3.05) is 25.4 Å². The molecule has 0 amide bonds. The maximum Gasteiger partial charge on any atom is 0.120 e. The molecule has 1 aromatic rings. The van der Waals surface area contributed by atoms with Crippen molar-refractivity contribution in [3.05, 3.63) is 23.8 Å². The Bertz CT molecular complexity index is 387. The first-order valence-corrected chi connectivity index (χ1v) is 6.60. The first-order chi connectivity index (χ1) is 8.69. The number of aromatic hydroxyl groups is 1. The number of phenolic OH excluding ortho intramolecular Hbond substituents is 1. The van der Waals surface area contributed by atoms with E-state index in [-0.39, 0.29) is 0 Å². The van der Waals surface area contributed by atoms with Crippen molar-refractivity contribution in [2.45, 2.75) is 32.4 Å². The third-order valence-corrected chi connectivity index (χ3v) is 3.43. The summed E-state index contributed by atoms with van der Waals surface area (Å²) in [6, 6.07) is 5.24. The van der Waals surface area contributed by atoms with Crippen LogP contribution >= 0.6 is 0 Å². The van der Waals surface area contributed by atoms with E-state index >= 15 is 0 Å². The van der Waals surface area contributed by atoms with E-state index in [9.17, 15) is 5.11 Å². The molecule has 1 aromatic carbocycles. The zero-order valence-corrected chi connectivity index (χ0v) is 10.9. The predicted octanol–water partition coefficient (Wildman–Crippen LogP) is 1.98. The summed E-state index contributed by atoms with van der Waals surface area (Å²) < 4.78 is 5.63. The fourth-order valence-electron chi connectivity index (χ4n) is 2.44. The van der Waals surface area contributed by atoms with Crippen LogP contribution in [0.4, 0.5) is 5.69 Å². The number of nitrogens with two attached hydrogens (primary N) is 1. The average Bonchev–Trinajstić information content (AvgIpc) is 2.37. The number of nitrogens with zero attached hydrogens (tertiary/aromatic N) is 1. The minimum atomic E-state index is 0.330. The van der Waals surface area contributed by atoms with Crippen LogP contribution < -0.4 is 5.73 Å². The number of nitrogen functional groups attached to an aromatic ring is 1. The van der Waals surface area contributed by atoms with Crippen molar-refractivity contribution in [1.29, 1.82) is 0 Å². The van der Waals surface area contributed by atoms with Gasteiger partial charge in [0, 0.05) is 37.5 Å². The van der Waals surface area contributed by atoms with Crippen LogP contribution in [0, 0.1) is 0 Å². The van der Waals surface area contributed by atoms with Crippen LogP contribution in [0.25, 0.3) is 0 Å². The molecule has 1 saturated heterocycles. The smallest absolute Gasteiger partial charge is 0.120 e. The van der Waals surface area contributed by atoms with Gasteiger partial charge in [-0.25, -0.2) is 0 Å². The number of benzene rings is 1. The van der Waals surface area contributed by atoms with Gasteiger partial charge in [-0.1, -0.05) is 0 Å². The highest BCUT2D eigenvalue weighted by molar-refractivity contribution is 5.47. The number of hydrogen-bond donors (Lipinski definition) is 2. The quantitative estimate of drug-likeness (QED) is 0.633. The van der Waals surface area contributed by atoms with E-state index in [2.05, 4.69) is 4.90 Å². The molecule has 0 atom stereocenters. The Kier molecular flexibility index (Phi) is 4.44. The van der Waals surface area contributed by atoms with Crippen LogP contribution in [-0.2, 0) is 11.3 Å².